The minimum Gasteiger partial charge on any atom is -0.395 e. The smallest absolute Gasteiger partial charge is 0.244 e. The topological polar surface area (TPSA) is 70.5 Å². The highest BCUT2D eigenvalue weighted by Crippen LogP contribution is 2.15. The van der Waals surface area contributed by atoms with Crippen molar-refractivity contribution in [3.8, 4) is 0 Å². The van der Waals surface area contributed by atoms with Gasteiger partial charge in [0.2, 0.25) is 10.0 Å². The second-order valence-corrected chi connectivity index (χ2v) is 5.36. The van der Waals surface area contributed by atoms with Crippen molar-refractivity contribution < 1.29 is 13.5 Å². The average Bonchev–Trinajstić information content (AvgIpc) is 2.26. The number of hydrogen-bond donors (Lipinski definition) is 1. The van der Waals surface area contributed by atoms with Crippen molar-refractivity contribution in [3.05, 3.63) is 23.5 Å². The van der Waals surface area contributed by atoms with Gasteiger partial charge in [-0.25, -0.2) is 13.4 Å². The number of halogens is 1. The molecule has 0 aliphatic rings. The maximum Gasteiger partial charge on any atom is 0.244 e. The molecule has 90 valence electrons. The largest absolute Gasteiger partial charge is 0.395 e. The minimum atomic E-state index is -3.58. The van der Waals surface area contributed by atoms with E-state index in [0.29, 0.717) is 6.54 Å². The lowest BCUT2D eigenvalue weighted by Gasteiger charge is -2.18. The lowest BCUT2D eigenvalue weighted by atomic mass is 10.5. The van der Waals surface area contributed by atoms with Gasteiger partial charge in [-0.05, 0) is 12.1 Å². The summed E-state index contributed by atoms with van der Waals surface area (Å²) in [5, 5.41) is 9.02. The van der Waals surface area contributed by atoms with E-state index in [4.69, 9.17) is 16.7 Å². The molecule has 0 aliphatic carbocycles. The molecule has 0 fully saturated rings. The number of aliphatic hydroxyl groups excluding tert-OH is 1. The van der Waals surface area contributed by atoms with Crippen LogP contribution in [0.3, 0.4) is 0 Å². The first kappa shape index (κ1) is 13.4. The van der Waals surface area contributed by atoms with Crippen LogP contribution in [0.5, 0.6) is 0 Å². The first-order valence-electron chi connectivity index (χ1n) is 4.75. The Morgan fingerprint density at radius 1 is 1.50 bits per heavy atom. The van der Waals surface area contributed by atoms with Crippen LogP contribution in [0.25, 0.3) is 0 Å². The molecule has 1 heterocycles. The van der Waals surface area contributed by atoms with Gasteiger partial charge in [0, 0.05) is 19.3 Å². The molecule has 0 aliphatic heterocycles. The molecule has 1 aromatic rings. The molecule has 7 heteroatoms. The number of rotatable bonds is 5. The maximum absolute atomic E-state index is 12.0. The predicted molar refractivity (Wildman–Crippen MR) is 60.8 cm³/mol. The van der Waals surface area contributed by atoms with E-state index in [2.05, 4.69) is 4.98 Å². The van der Waals surface area contributed by atoms with E-state index in [0.717, 1.165) is 0 Å². The van der Waals surface area contributed by atoms with Gasteiger partial charge < -0.3 is 5.11 Å². The monoisotopic (exact) mass is 264 g/mol. The number of pyridine rings is 1. The fourth-order valence-corrected chi connectivity index (χ4v) is 2.72. The second-order valence-electron chi connectivity index (χ2n) is 3.04. The Kier molecular flexibility index (Phi) is 4.67. The van der Waals surface area contributed by atoms with Crippen LogP contribution in [0.15, 0.2) is 23.2 Å². The SMILES string of the molecule is CCN(CCO)S(=O)(=O)c1ccc(Cl)nc1. The summed E-state index contributed by atoms with van der Waals surface area (Å²) in [4.78, 5) is 3.80. The highest BCUT2D eigenvalue weighted by molar-refractivity contribution is 7.89. The zero-order chi connectivity index (χ0) is 12.2. The quantitative estimate of drug-likeness (QED) is 0.797. The Labute approximate surface area is 99.7 Å². The van der Waals surface area contributed by atoms with Crippen LogP contribution in [-0.2, 0) is 10.0 Å². The van der Waals surface area contributed by atoms with Crippen molar-refractivity contribution in [2.45, 2.75) is 11.8 Å². The van der Waals surface area contributed by atoms with Crippen molar-refractivity contribution in [1.29, 1.82) is 0 Å². The molecular weight excluding hydrogens is 252 g/mol. The Hall–Kier alpha value is -0.690. The summed E-state index contributed by atoms with van der Waals surface area (Å²) in [6, 6.07) is 2.81. The maximum atomic E-state index is 12.0. The van der Waals surface area contributed by atoms with E-state index in [1.807, 2.05) is 0 Å². The van der Waals surface area contributed by atoms with E-state index >= 15 is 0 Å². The van der Waals surface area contributed by atoms with Crippen LogP contribution < -0.4 is 0 Å². The average molecular weight is 265 g/mol. The number of aliphatic hydroxyl groups is 1. The predicted octanol–water partition coefficient (Wildman–Crippen LogP) is 0.738. The van der Waals surface area contributed by atoms with E-state index in [9.17, 15) is 8.42 Å². The van der Waals surface area contributed by atoms with Gasteiger partial charge >= 0.3 is 0 Å². The summed E-state index contributed by atoms with van der Waals surface area (Å²) in [6.07, 6.45) is 1.21. The van der Waals surface area contributed by atoms with Crippen molar-refractivity contribution >= 4 is 21.6 Å². The number of sulfonamides is 1. The lowest BCUT2D eigenvalue weighted by Crippen LogP contribution is -2.33. The Morgan fingerprint density at radius 2 is 2.19 bits per heavy atom. The molecule has 1 rings (SSSR count). The van der Waals surface area contributed by atoms with Crippen molar-refractivity contribution in [2.75, 3.05) is 19.7 Å². The third-order valence-electron chi connectivity index (χ3n) is 2.04. The highest BCUT2D eigenvalue weighted by atomic mass is 35.5. The van der Waals surface area contributed by atoms with Gasteiger partial charge in [0.25, 0.3) is 0 Å². The molecule has 0 saturated carbocycles. The number of likely N-dealkylation sites (N-methyl/N-ethyl adjacent to an activating group) is 1. The fourth-order valence-electron chi connectivity index (χ4n) is 1.22. The standard InChI is InChI=1S/C9H13ClN2O3S/c1-2-12(5-6-13)16(14,15)8-3-4-9(10)11-7-8/h3-4,7,13H,2,5-6H2,1H3. The molecule has 1 aromatic heterocycles. The van der Waals surface area contributed by atoms with E-state index in [-0.39, 0.29) is 23.2 Å². The van der Waals surface area contributed by atoms with Gasteiger partial charge in [0.1, 0.15) is 10.0 Å². The van der Waals surface area contributed by atoms with Gasteiger partial charge in [0.05, 0.1) is 6.61 Å². The molecule has 0 atom stereocenters. The summed E-state index contributed by atoms with van der Waals surface area (Å²) in [5.41, 5.74) is 0. The second kappa shape index (κ2) is 5.58. The zero-order valence-electron chi connectivity index (χ0n) is 8.80. The van der Waals surface area contributed by atoms with Gasteiger partial charge in [-0.3, -0.25) is 0 Å². The number of nitrogens with zero attached hydrogens (tertiary/aromatic N) is 2. The van der Waals surface area contributed by atoms with Crippen molar-refractivity contribution in [1.82, 2.24) is 9.29 Å². The van der Waals surface area contributed by atoms with Gasteiger partial charge in [-0.2, -0.15) is 4.31 Å². The number of hydrogen-bond acceptors (Lipinski definition) is 4. The Balaban J connectivity index is 3.04. The Bertz CT molecular complexity index is 433. The van der Waals surface area contributed by atoms with Gasteiger partial charge in [-0.1, -0.05) is 18.5 Å². The molecule has 0 saturated heterocycles. The van der Waals surface area contributed by atoms with Crippen LogP contribution in [0, 0.1) is 0 Å². The molecular formula is C9H13ClN2O3S. The summed E-state index contributed by atoms with van der Waals surface area (Å²) >= 11 is 5.58. The highest BCUT2D eigenvalue weighted by Gasteiger charge is 2.22. The van der Waals surface area contributed by atoms with Crippen molar-refractivity contribution in [3.63, 3.8) is 0 Å². The third-order valence-corrected chi connectivity index (χ3v) is 4.22. The summed E-state index contributed by atoms with van der Waals surface area (Å²) in [6.45, 7) is 1.86. The van der Waals surface area contributed by atoms with Crippen LogP contribution in [-0.4, -0.2) is 42.5 Å². The normalized spacial score (nSPS) is 12.0. The molecule has 5 nitrogen and oxygen atoms in total. The van der Waals surface area contributed by atoms with Crippen LogP contribution in [0.2, 0.25) is 5.15 Å². The first-order chi connectivity index (χ1) is 7.52. The van der Waals surface area contributed by atoms with Crippen LogP contribution in [0.4, 0.5) is 0 Å². The summed E-state index contributed by atoms with van der Waals surface area (Å²) in [5.74, 6) is 0. The minimum absolute atomic E-state index is 0.0709. The van der Waals surface area contributed by atoms with E-state index < -0.39 is 10.0 Å². The van der Waals surface area contributed by atoms with E-state index in [1.54, 1.807) is 6.92 Å². The van der Waals surface area contributed by atoms with E-state index in [1.165, 1.54) is 22.6 Å². The van der Waals surface area contributed by atoms with Gasteiger partial charge in [-0.15, -0.1) is 0 Å². The van der Waals surface area contributed by atoms with Crippen LogP contribution in [0.1, 0.15) is 6.92 Å². The molecule has 0 unspecified atom stereocenters. The molecule has 0 spiro atoms. The molecule has 16 heavy (non-hydrogen) atoms. The number of aromatic nitrogens is 1. The Morgan fingerprint density at radius 3 is 2.62 bits per heavy atom. The molecule has 0 aromatic carbocycles. The first-order valence-corrected chi connectivity index (χ1v) is 6.56. The lowest BCUT2D eigenvalue weighted by molar-refractivity contribution is 0.257. The third kappa shape index (κ3) is 2.91. The molecule has 0 amide bonds. The summed E-state index contributed by atoms with van der Waals surface area (Å²) < 4.78 is 25.2. The van der Waals surface area contributed by atoms with Crippen LogP contribution >= 0.6 is 11.6 Å². The fraction of sp³-hybridized carbons (Fsp3) is 0.444. The van der Waals surface area contributed by atoms with Crippen molar-refractivity contribution in [2.24, 2.45) is 0 Å². The summed E-state index contributed by atoms with van der Waals surface area (Å²) in [7, 11) is -3.58. The molecule has 1 N–H and O–H groups in total. The molecule has 0 bridgehead atoms. The zero-order valence-corrected chi connectivity index (χ0v) is 10.4. The molecule has 0 radical (unpaired) electrons. The van der Waals surface area contributed by atoms with Gasteiger partial charge in [0.15, 0.2) is 0 Å².